The number of non-ortho nitro benzene ring substituents is 2. The molecule has 1 amide bonds. The molecule has 1 N–H and O–H groups in total. The molecule has 0 aliphatic heterocycles. The average Bonchev–Trinajstić information content (AvgIpc) is 2.79. The molecule has 0 fully saturated rings. The predicted molar refractivity (Wildman–Crippen MR) is 117 cm³/mol. The van der Waals surface area contributed by atoms with E-state index >= 15 is 0 Å². The highest BCUT2D eigenvalue weighted by molar-refractivity contribution is 5.96. The van der Waals surface area contributed by atoms with Crippen molar-refractivity contribution in [3.05, 3.63) is 109 Å². The SMILES string of the molecule is Cc1cccc(C(=O)NN=Cc2ccccc2OC(=O)c2cc([N+](=O)[O-])cc([N+](=O)[O-])c2)c1. The van der Waals surface area contributed by atoms with Gasteiger partial charge in [-0.3, -0.25) is 25.0 Å². The van der Waals surface area contributed by atoms with Crippen LogP contribution in [0.3, 0.4) is 0 Å². The number of rotatable bonds is 7. The van der Waals surface area contributed by atoms with Gasteiger partial charge in [-0.05, 0) is 31.2 Å². The second kappa shape index (κ2) is 9.92. The molecule has 3 rings (SSSR count). The molecular formula is C22H16N4O7. The number of hydrogen-bond acceptors (Lipinski definition) is 8. The lowest BCUT2D eigenvalue weighted by Gasteiger charge is -2.07. The number of nitro benzene ring substituents is 2. The second-order valence-electron chi connectivity index (χ2n) is 6.75. The Morgan fingerprint density at radius 1 is 0.909 bits per heavy atom. The molecule has 0 radical (unpaired) electrons. The molecule has 3 aromatic rings. The van der Waals surface area contributed by atoms with Gasteiger partial charge in [0.1, 0.15) is 5.75 Å². The summed E-state index contributed by atoms with van der Waals surface area (Å²) in [7, 11) is 0. The number of carbonyl (C=O) groups excluding carboxylic acids is 2. The van der Waals surface area contributed by atoms with E-state index in [4.69, 9.17) is 4.74 Å². The fourth-order valence-corrected chi connectivity index (χ4v) is 2.77. The highest BCUT2D eigenvalue weighted by Crippen LogP contribution is 2.24. The Morgan fingerprint density at radius 3 is 2.21 bits per heavy atom. The summed E-state index contributed by atoms with van der Waals surface area (Å²) in [5.74, 6) is -1.44. The van der Waals surface area contributed by atoms with E-state index in [1.807, 2.05) is 13.0 Å². The van der Waals surface area contributed by atoms with Gasteiger partial charge >= 0.3 is 5.97 Å². The quantitative estimate of drug-likeness (QED) is 0.190. The van der Waals surface area contributed by atoms with E-state index in [-0.39, 0.29) is 11.3 Å². The van der Waals surface area contributed by atoms with Crippen molar-refractivity contribution in [1.29, 1.82) is 0 Å². The molecular weight excluding hydrogens is 432 g/mol. The molecule has 0 saturated heterocycles. The third-order valence-electron chi connectivity index (χ3n) is 4.33. The summed E-state index contributed by atoms with van der Waals surface area (Å²) in [5.41, 5.74) is 2.40. The number of nitrogens with one attached hydrogen (secondary N) is 1. The molecule has 33 heavy (non-hydrogen) atoms. The lowest BCUT2D eigenvalue weighted by Crippen LogP contribution is -2.17. The van der Waals surface area contributed by atoms with Crippen LogP contribution in [0.1, 0.15) is 31.8 Å². The van der Waals surface area contributed by atoms with E-state index < -0.39 is 33.1 Å². The molecule has 3 aromatic carbocycles. The van der Waals surface area contributed by atoms with Crippen molar-refractivity contribution in [1.82, 2.24) is 5.43 Å². The number of esters is 1. The summed E-state index contributed by atoms with van der Waals surface area (Å²) >= 11 is 0. The van der Waals surface area contributed by atoms with Crippen LogP contribution in [-0.4, -0.2) is 27.9 Å². The minimum atomic E-state index is -1.04. The first-order chi connectivity index (χ1) is 15.7. The predicted octanol–water partition coefficient (Wildman–Crippen LogP) is 3.79. The van der Waals surface area contributed by atoms with Crippen molar-refractivity contribution in [2.24, 2.45) is 5.10 Å². The molecule has 0 aliphatic carbocycles. The standard InChI is InChI=1S/C22H16N4O7/c1-14-5-4-7-15(9-14)21(27)24-23-13-16-6-2-3-8-20(16)33-22(28)17-10-18(25(29)30)12-19(11-17)26(31)32/h2-13H,1H3,(H,24,27). The van der Waals surface area contributed by atoms with E-state index in [9.17, 15) is 29.8 Å². The van der Waals surface area contributed by atoms with Gasteiger partial charge in [0, 0.05) is 23.3 Å². The number of ether oxygens (including phenoxy) is 1. The molecule has 0 bridgehead atoms. The zero-order valence-electron chi connectivity index (χ0n) is 17.1. The molecule has 166 valence electrons. The van der Waals surface area contributed by atoms with Crippen LogP contribution in [0.5, 0.6) is 5.75 Å². The zero-order valence-corrected chi connectivity index (χ0v) is 17.1. The smallest absolute Gasteiger partial charge is 0.344 e. The Hall–Kier alpha value is -4.93. The third-order valence-corrected chi connectivity index (χ3v) is 4.33. The summed E-state index contributed by atoms with van der Waals surface area (Å²) in [6.07, 6.45) is 1.26. The highest BCUT2D eigenvalue weighted by Gasteiger charge is 2.21. The lowest BCUT2D eigenvalue weighted by molar-refractivity contribution is -0.394. The van der Waals surface area contributed by atoms with E-state index in [0.717, 1.165) is 23.8 Å². The van der Waals surface area contributed by atoms with Crippen LogP contribution >= 0.6 is 0 Å². The molecule has 0 heterocycles. The van der Waals surface area contributed by atoms with Crippen LogP contribution in [0.2, 0.25) is 0 Å². The van der Waals surface area contributed by atoms with Gasteiger partial charge in [0.05, 0.1) is 27.7 Å². The normalized spacial score (nSPS) is 10.6. The molecule has 11 nitrogen and oxygen atoms in total. The van der Waals surface area contributed by atoms with Gasteiger partial charge in [0.2, 0.25) is 0 Å². The first kappa shape index (κ1) is 22.7. The van der Waals surface area contributed by atoms with Crippen LogP contribution in [0, 0.1) is 27.2 Å². The lowest BCUT2D eigenvalue weighted by atomic mass is 10.1. The number of para-hydroxylation sites is 1. The highest BCUT2D eigenvalue weighted by atomic mass is 16.6. The van der Waals surface area contributed by atoms with Crippen molar-refractivity contribution in [2.75, 3.05) is 0 Å². The van der Waals surface area contributed by atoms with Crippen LogP contribution in [-0.2, 0) is 0 Å². The molecule has 0 aromatic heterocycles. The topological polar surface area (TPSA) is 154 Å². The number of carbonyl (C=O) groups is 2. The second-order valence-corrected chi connectivity index (χ2v) is 6.75. The maximum absolute atomic E-state index is 12.5. The first-order valence-electron chi connectivity index (χ1n) is 9.40. The van der Waals surface area contributed by atoms with E-state index in [1.165, 1.54) is 12.3 Å². The summed E-state index contributed by atoms with van der Waals surface area (Å²) < 4.78 is 5.27. The van der Waals surface area contributed by atoms with Gasteiger partial charge in [0.25, 0.3) is 17.3 Å². The fourth-order valence-electron chi connectivity index (χ4n) is 2.77. The van der Waals surface area contributed by atoms with Gasteiger partial charge in [0.15, 0.2) is 0 Å². The van der Waals surface area contributed by atoms with E-state index in [1.54, 1.807) is 36.4 Å². The molecule has 11 heteroatoms. The molecule has 0 unspecified atom stereocenters. The molecule has 0 saturated carbocycles. The third kappa shape index (κ3) is 5.82. The maximum atomic E-state index is 12.5. The van der Waals surface area contributed by atoms with Crippen LogP contribution in [0.4, 0.5) is 11.4 Å². The van der Waals surface area contributed by atoms with Crippen molar-refractivity contribution in [3.63, 3.8) is 0 Å². The number of hydrazone groups is 1. The zero-order chi connectivity index (χ0) is 24.0. The van der Waals surface area contributed by atoms with Crippen molar-refractivity contribution in [2.45, 2.75) is 6.92 Å². The molecule has 0 aliphatic rings. The Labute approximate surface area is 186 Å². The van der Waals surface area contributed by atoms with Crippen LogP contribution in [0.15, 0.2) is 71.8 Å². The number of aryl methyl sites for hydroxylation is 1. The van der Waals surface area contributed by atoms with Gasteiger partial charge in [-0.25, -0.2) is 10.2 Å². The largest absolute Gasteiger partial charge is 0.422 e. The van der Waals surface area contributed by atoms with E-state index in [2.05, 4.69) is 10.5 Å². The Kier molecular flexibility index (Phi) is 6.84. The number of hydrogen-bond donors (Lipinski definition) is 1. The maximum Gasteiger partial charge on any atom is 0.344 e. The van der Waals surface area contributed by atoms with Crippen LogP contribution in [0.25, 0.3) is 0 Å². The molecule has 0 atom stereocenters. The summed E-state index contributed by atoms with van der Waals surface area (Å²) in [6.45, 7) is 1.85. The van der Waals surface area contributed by atoms with Gasteiger partial charge < -0.3 is 4.74 Å². The Balaban J connectivity index is 1.79. The minimum absolute atomic E-state index is 0.0326. The number of nitrogens with zero attached hydrogens (tertiary/aromatic N) is 3. The Bertz CT molecular complexity index is 1250. The summed E-state index contributed by atoms with van der Waals surface area (Å²) in [5, 5.41) is 25.9. The summed E-state index contributed by atoms with van der Waals surface area (Å²) in [4.78, 5) is 45.1. The first-order valence-corrected chi connectivity index (χ1v) is 9.40. The number of nitro groups is 2. The van der Waals surface area contributed by atoms with Gasteiger partial charge in [-0.2, -0.15) is 5.10 Å². The number of benzene rings is 3. The van der Waals surface area contributed by atoms with Crippen molar-refractivity contribution in [3.8, 4) is 5.75 Å². The van der Waals surface area contributed by atoms with Gasteiger partial charge in [-0.1, -0.05) is 29.8 Å². The van der Waals surface area contributed by atoms with Crippen LogP contribution < -0.4 is 10.2 Å². The average molecular weight is 448 g/mol. The summed E-state index contributed by atoms with van der Waals surface area (Å²) in [6, 6.07) is 15.6. The fraction of sp³-hybridized carbons (Fsp3) is 0.0455. The number of amides is 1. The monoisotopic (exact) mass is 448 g/mol. The molecule has 0 spiro atoms. The van der Waals surface area contributed by atoms with Crippen molar-refractivity contribution < 1.29 is 24.2 Å². The van der Waals surface area contributed by atoms with Crippen molar-refractivity contribution >= 4 is 29.5 Å². The van der Waals surface area contributed by atoms with E-state index in [0.29, 0.717) is 11.1 Å². The Morgan fingerprint density at radius 2 is 1.58 bits per heavy atom. The minimum Gasteiger partial charge on any atom is -0.422 e. The van der Waals surface area contributed by atoms with Gasteiger partial charge in [-0.15, -0.1) is 0 Å².